The summed E-state index contributed by atoms with van der Waals surface area (Å²) in [6.45, 7) is 2.21. The number of aromatic hydroxyl groups is 1. The Hall–Kier alpha value is -3.63. The van der Waals surface area contributed by atoms with Crippen molar-refractivity contribution in [3.63, 3.8) is 0 Å². The second-order valence-electron chi connectivity index (χ2n) is 5.67. The van der Waals surface area contributed by atoms with E-state index in [1.807, 2.05) is 0 Å². The number of carbonyl (C=O) groups excluding carboxylic acids is 1. The van der Waals surface area contributed by atoms with Gasteiger partial charge in [0.25, 0.3) is 0 Å². The summed E-state index contributed by atoms with van der Waals surface area (Å²) in [6, 6.07) is 5.29. The summed E-state index contributed by atoms with van der Waals surface area (Å²) in [6.07, 6.45) is -3.29. The highest BCUT2D eigenvalue weighted by Crippen LogP contribution is 2.34. The Labute approximate surface area is 156 Å². The van der Waals surface area contributed by atoms with E-state index in [0.29, 0.717) is 18.1 Å². The standard InChI is InChI=1S/C17H15F3N6O2/c1-2-21-16(28)26-13-4-3-12-15(24-13)25-14(8-22-12)23-10-5-9(17(18,19)20)6-11(27)7-10/h3-8,27H,2H2,1H3,(H3,21,23,24,25,26,28). The minimum atomic E-state index is -4.61. The third-order valence-electron chi connectivity index (χ3n) is 3.50. The first-order chi connectivity index (χ1) is 13.2. The Kier molecular flexibility index (Phi) is 5.16. The molecule has 0 saturated heterocycles. The lowest BCUT2D eigenvalue weighted by Crippen LogP contribution is -2.28. The van der Waals surface area contributed by atoms with E-state index in [-0.39, 0.29) is 23.0 Å². The second kappa shape index (κ2) is 7.55. The van der Waals surface area contributed by atoms with Crippen LogP contribution >= 0.6 is 0 Å². The maximum absolute atomic E-state index is 12.9. The van der Waals surface area contributed by atoms with Crippen molar-refractivity contribution in [1.29, 1.82) is 0 Å². The molecule has 0 aliphatic rings. The van der Waals surface area contributed by atoms with Crippen LogP contribution in [0.3, 0.4) is 0 Å². The van der Waals surface area contributed by atoms with Crippen molar-refractivity contribution >= 4 is 34.5 Å². The first-order valence-corrected chi connectivity index (χ1v) is 8.11. The third kappa shape index (κ3) is 4.55. The molecule has 0 aliphatic carbocycles. The van der Waals surface area contributed by atoms with Gasteiger partial charge in [0.1, 0.15) is 17.1 Å². The monoisotopic (exact) mass is 392 g/mol. The zero-order valence-electron chi connectivity index (χ0n) is 14.5. The molecule has 8 nitrogen and oxygen atoms in total. The lowest BCUT2D eigenvalue weighted by atomic mass is 10.2. The van der Waals surface area contributed by atoms with Crippen molar-refractivity contribution in [1.82, 2.24) is 20.3 Å². The van der Waals surface area contributed by atoms with Gasteiger partial charge in [-0.15, -0.1) is 0 Å². The number of hydrogen-bond acceptors (Lipinski definition) is 6. The summed E-state index contributed by atoms with van der Waals surface area (Å²) in [5.74, 6) is -0.187. The summed E-state index contributed by atoms with van der Waals surface area (Å²) in [7, 11) is 0. The fourth-order valence-corrected chi connectivity index (χ4v) is 2.34. The number of aromatic nitrogens is 3. The second-order valence-corrected chi connectivity index (χ2v) is 5.67. The van der Waals surface area contributed by atoms with Gasteiger partial charge in [-0.3, -0.25) is 5.32 Å². The van der Waals surface area contributed by atoms with Crippen molar-refractivity contribution in [2.75, 3.05) is 17.2 Å². The zero-order valence-corrected chi connectivity index (χ0v) is 14.5. The molecule has 0 spiro atoms. The maximum Gasteiger partial charge on any atom is 0.416 e. The molecule has 2 aromatic heterocycles. The number of carbonyl (C=O) groups is 1. The molecule has 0 fully saturated rings. The van der Waals surface area contributed by atoms with E-state index in [9.17, 15) is 23.1 Å². The van der Waals surface area contributed by atoms with Gasteiger partial charge in [-0.2, -0.15) is 13.2 Å². The summed E-state index contributed by atoms with van der Waals surface area (Å²) in [5, 5.41) is 17.3. The zero-order chi connectivity index (χ0) is 20.3. The van der Waals surface area contributed by atoms with Crippen molar-refractivity contribution in [2.24, 2.45) is 0 Å². The first kappa shape index (κ1) is 19.1. The number of alkyl halides is 3. The van der Waals surface area contributed by atoms with Gasteiger partial charge in [-0.25, -0.2) is 19.7 Å². The van der Waals surface area contributed by atoms with Crippen LogP contribution in [-0.2, 0) is 6.18 Å². The molecule has 28 heavy (non-hydrogen) atoms. The van der Waals surface area contributed by atoms with E-state index >= 15 is 0 Å². The normalized spacial score (nSPS) is 11.3. The van der Waals surface area contributed by atoms with Gasteiger partial charge in [-0.1, -0.05) is 0 Å². The number of phenols is 1. The number of pyridine rings is 1. The Morgan fingerprint density at radius 1 is 1.14 bits per heavy atom. The van der Waals surface area contributed by atoms with Gasteiger partial charge in [0.15, 0.2) is 11.5 Å². The Bertz CT molecular complexity index is 1030. The molecular formula is C17H15F3N6O2. The fourth-order valence-electron chi connectivity index (χ4n) is 2.34. The van der Waals surface area contributed by atoms with Gasteiger partial charge in [0, 0.05) is 18.3 Å². The minimum absolute atomic E-state index is 0.0161. The summed E-state index contributed by atoms with van der Waals surface area (Å²) < 4.78 is 38.6. The van der Waals surface area contributed by atoms with Crippen LogP contribution in [0.15, 0.2) is 36.5 Å². The number of anilines is 3. The first-order valence-electron chi connectivity index (χ1n) is 8.11. The number of hydrogen-bond donors (Lipinski definition) is 4. The lowest BCUT2D eigenvalue weighted by Gasteiger charge is -2.11. The van der Waals surface area contributed by atoms with E-state index in [0.717, 1.165) is 12.1 Å². The molecule has 11 heteroatoms. The van der Waals surface area contributed by atoms with Crippen molar-refractivity contribution in [3.05, 3.63) is 42.1 Å². The van der Waals surface area contributed by atoms with Crippen LogP contribution in [0.25, 0.3) is 11.2 Å². The van der Waals surface area contributed by atoms with Crippen molar-refractivity contribution in [3.8, 4) is 5.75 Å². The Morgan fingerprint density at radius 3 is 2.61 bits per heavy atom. The molecular weight excluding hydrogens is 377 g/mol. The quantitative estimate of drug-likeness (QED) is 0.539. The number of urea groups is 1. The largest absolute Gasteiger partial charge is 0.508 e. The molecule has 1 aromatic carbocycles. The molecule has 3 aromatic rings. The smallest absolute Gasteiger partial charge is 0.416 e. The van der Waals surface area contributed by atoms with Gasteiger partial charge in [-0.05, 0) is 31.2 Å². The third-order valence-corrected chi connectivity index (χ3v) is 3.50. The Balaban J connectivity index is 1.88. The predicted molar refractivity (Wildman–Crippen MR) is 96.4 cm³/mol. The average Bonchev–Trinajstić information content (AvgIpc) is 2.60. The van der Waals surface area contributed by atoms with Gasteiger partial charge in [0.2, 0.25) is 0 Å². The topological polar surface area (TPSA) is 112 Å². The van der Waals surface area contributed by atoms with Crippen LogP contribution < -0.4 is 16.0 Å². The molecule has 0 aliphatic heterocycles. The van der Waals surface area contributed by atoms with Crippen LogP contribution in [0, 0.1) is 0 Å². The lowest BCUT2D eigenvalue weighted by molar-refractivity contribution is -0.137. The molecule has 0 atom stereocenters. The van der Waals surface area contributed by atoms with Gasteiger partial charge < -0.3 is 15.7 Å². The van der Waals surface area contributed by atoms with Crippen LogP contribution in [0.4, 0.5) is 35.3 Å². The van der Waals surface area contributed by atoms with E-state index in [2.05, 4.69) is 30.9 Å². The number of amides is 2. The maximum atomic E-state index is 12.9. The fraction of sp³-hybridized carbons (Fsp3) is 0.176. The van der Waals surface area contributed by atoms with Crippen molar-refractivity contribution in [2.45, 2.75) is 13.1 Å². The SMILES string of the molecule is CCNC(=O)Nc1ccc2ncc(Nc3cc(O)cc(C(F)(F)F)c3)nc2n1. The molecule has 4 N–H and O–H groups in total. The number of nitrogens with zero attached hydrogens (tertiary/aromatic N) is 3. The molecule has 2 heterocycles. The minimum Gasteiger partial charge on any atom is -0.508 e. The summed E-state index contributed by atoms with van der Waals surface area (Å²) in [5.41, 5.74) is -0.415. The number of rotatable bonds is 4. The Morgan fingerprint density at radius 2 is 1.89 bits per heavy atom. The highest BCUT2D eigenvalue weighted by atomic mass is 19.4. The van der Waals surface area contributed by atoms with Crippen LogP contribution in [-0.4, -0.2) is 32.6 Å². The van der Waals surface area contributed by atoms with Crippen molar-refractivity contribution < 1.29 is 23.1 Å². The summed E-state index contributed by atoms with van der Waals surface area (Å²) in [4.78, 5) is 24.0. The molecule has 2 amide bonds. The van der Waals surface area contributed by atoms with E-state index in [4.69, 9.17) is 0 Å². The molecule has 0 radical (unpaired) electrons. The predicted octanol–water partition coefficient (Wildman–Crippen LogP) is 3.63. The van der Waals surface area contributed by atoms with Gasteiger partial charge >= 0.3 is 12.2 Å². The molecule has 146 valence electrons. The number of nitrogens with one attached hydrogen (secondary N) is 3. The molecule has 3 rings (SSSR count). The average molecular weight is 392 g/mol. The van der Waals surface area contributed by atoms with E-state index in [1.54, 1.807) is 19.1 Å². The number of fused-ring (bicyclic) bond motifs is 1. The number of halogens is 3. The number of benzene rings is 1. The highest BCUT2D eigenvalue weighted by Gasteiger charge is 2.31. The van der Waals surface area contributed by atoms with Crippen LogP contribution in [0.1, 0.15) is 12.5 Å². The highest BCUT2D eigenvalue weighted by molar-refractivity contribution is 5.89. The van der Waals surface area contributed by atoms with Gasteiger partial charge in [0.05, 0.1) is 11.8 Å². The molecule has 0 bridgehead atoms. The van der Waals surface area contributed by atoms with E-state index < -0.39 is 23.5 Å². The van der Waals surface area contributed by atoms with Crippen LogP contribution in [0.5, 0.6) is 5.75 Å². The molecule has 0 saturated carbocycles. The van der Waals surface area contributed by atoms with E-state index in [1.165, 1.54) is 6.20 Å². The summed E-state index contributed by atoms with van der Waals surface area (Å²) >= 11 is 0. The van der Waals surface area contributed by atoms with Crippen LogP contribution in [0.2, 0.25) is 0 Å². The molecule has 0 unspecified atom stereocenters. The number of phenolic OH excluding ortho intramolecular Hbond substituents is 1.